The van der Waals surface area contributed by atoms with Gasteiger partial charge in [-0.15, -0.1) is 0 Å². The van der Waals surface area contributed by atoms with Gasteiger partial charge in [0, 0.05) is 25.1 Å². The van der Waals surface area contributed by atoms with E-state index in [0.717, 1.165) is 0 Å². The highest BCUT2D eigenvalue weighted by Gasteiger charge is 2.19. The molecule has 0 saturated heterocycles. The van der Waals surface area contributed by atoms with Gasteiger partial charge in [-0.2, -0.15) is 0 Å². The van der Waals surface area contributed by atoms with Gasteiger partial charge in [-0.1, -0.05) is 26.0 Å². The summed E-state index contributed by atoms with van der Waals surface area (Å²) < 4.78 is 15.6. The van der Waals surface area contributed by atoms with E-state index < -0.39 is 14.5 Å². The number of aromatic nitrogens is 2. The summed E-state index contributed by atoms with van der Waals surface area (Å²) in [4.78, 5) is 50.9. The number of nitrogens with one attached hydrogen (secondary N) is 2. The summed E-state index contributed by atoms with van der Waals surface area (Å²) in [6, 6.07) is 9.97. The molecule has 12 heteroatoms. The number of furan rings is 1. The second-order valence-electron chi connectivity index (χ2n) is 6.92. The number of carbonyl (C=O) groups excluding carboxylic acids is 2. The van der Waals surface area contributed by atoms with Crippen molar-refractivity contribution in [1.29, 1.82) is 0 Å². The van der Waals surface area contributed by atoms with Gasteiger partial charge in [0.1, 0.15) is 12.4 Å². The van der Waals surface area contributed by atoms with E-state index in [1.54, 1.807) is 38.1 Å². The Morgan fingerprint density at radius 3 is 2.44 bits per heavy atom. The number of hydrogen-bond acceptors (Lipinski definition) is 9. The summed E-state index contributed by atoms with van der Waals surface area (Å²) in [7, 11) is -2.60. The Balaban J connectivity index is 1.71. The Morgan fingerprint density at radius 1 is 1.06 bits per heavy atom. The lowest BCUT2D eigenvalue weighted by Crippen LogP contribution is -2.36. The lowest BCUT2D eigenvalue weighted by atomic mass is 10.2. The van der Waals surface area contributed by atoms with Crippen molar-refractivity contribution in [3.8, 4) is 11.8 Å². The summed E-state index contributed by atoms with van der Waals surface area (Å²) in [5, 5.41) is 5.41. The maximum atomic E-state index is 12.7. The Hall–Kier alpha value is -3.27. The minimum atomic E-state index is -2.60. The molecule has 170 valence electrons. The molecule has 4 N–H and O–H groups in total. The fourth-order valence-corrected chi connectivity index (χ4v) is 2.85. The molecule has 0 radical (unpaired) electrons. The molecule has 0 aliphatic carbocycles. The lowest BCUT2D eigenvalue weighted by molar-refractivity contribution is -0.123. The molecule has 0 atom stereocenters. The van der Waals surface area contributed by atoms with Crippen molar-refractivity contribution in [1.82, 2.24) is 20.6 Å². The minimum Gasteiger partial charge on any atom is -0.468 e. The third kappa shape index (κ3) is 6.36. The topological polar surface area (TPSA) is 156 Å². The van der Waals surface area contributed by atoms with Crippen LogP contribution in [0.5, 0.6) is 11.8 Å². The number of rotatable bonds is 10. The largest absolute Gasteiger partial charge is 0.468 e. The number of benzene rings is 1. The van der Waals surface area contributed by atoms with Crippen LogP contribution in [0.25, 0.3) is 11.0 Å². The second kappa shape index (κ2) is 10.9. The minimum absolute atomic E-state index is 0.00199. The number of amides is 2. The van der Waals surface area contributed by atoms with Crippen molar-refractivity contribution in [3.63, 3.8) is 0 Å². The zero-order valence-corrected chi connectivity index (χ0v) is 18.3. The highest BCUT2D eigenvalue weighted by atomic mass is 31.2. The fraction of sp³-hybridized carbons (Fsp3) is 0.300. The number of fused-ring (bicyclic) bond motifs is 1. The van der Waals surface area contributed by atoms with E-state index in [1.807, 2.05) is 0 Å². The van der Waals surface area contributed by atoms with Crippen molar-refractivity contribution < 1.29 is 33.1 Å². The zero-order valence-electron chi connectivity index (χ0n) is 17.4. The van der Waals surface area contributed by atoms with Gasteiger partial charge >= 0.3 is 8.60 Å². The first-order valence-corrected chi connectivity index (χ1v) is 10.9. The van der Waals surface area contributed by atoms with Crippen LogP contribution in [0, 0.1) is 5.92 Å². The molecule has 0 saturated carbocycles. The van der Waals surface area contributed by atoms with Crippen LogP contribution < -0.4 is 19.9 Å². The van der Waals surface area contributed by atoms with Crippen LogP contribution >= 0.6 is 8.60 Å². The maximum Gasteiger partial charge on any atom is 0.393 e. The molecule has 0 aliphatic rings. The van der Waals surface area contributed by atoms with Gasteiger partial charge in [-0.05, 0) is 18.2 Å². The molecule has 3 rings (SSSR count). The summed E-state index contributed by atoms with van der Waals surface area (Å²) in [5.41, 5.74) is 1.04. The van der Waals surface area contributed by atoms with Gasteiger partial charge < -0.3 is 34.1 Å². The van der Waals surface area contributed by atoms with Gasteiger partial charge in [0.15, 0.2) is 5.69 Å². The highest BCUT2D eigenvalue weighted by Crippen LogP contribution is 2.30. The van der Waals surface area contributed by atoms with E-state index in [4.69, 9.17) is 18.9 Å². The van der Waals surface area contributed by atoms with E-state index in [9.17, 15) is 9.59 Å². The van der Waals surface area contributed by atoms with Crippen molar-refractivity contribution in [2.45, 2.75) is 20.5 Å². The average Bonchev–Trinajstić information content (AvgIpc) is 3.20. The first-order chi connectivity index (χ1) is 15.3. The Labute approximate surface area is 184 Å². The van der Waals surface area contributed by atoms with Crippen LogP contribution in [0.1, 0.15) is 30.1 Å². The fourth-order valence-electron chi connectivity index (χ4n) is 2.59. The van der Waals surface area contributed by atoms with Crippen molar-refractivity contribution >= 4 is 31.5 Å². The van der Waals surface area contributed by atoms with Gasteiger partial charge in [0.25, 0.3) is 11.9 Å². The third-order valence-electron chi connectivity index (χ3n) is 4.15. The molecule has 2 heterocycles. The lowest BCUT2D eigenvalue weighted by Gasteiger charge is -2.12. The first kappa shape index (κ1) is 23.4. The van der Waals surface area contributed by atoms with Crippen LogP contribution in [-0.4, -0.2) is 44.7 Å². The predicted molar refractivity (Wildman–Crippen MR) is 115 cm³/mol. The summed E-state index contributed by atoms with van der Waals surface area (Å²) in [6.45, 7) is 3.94. The van der Waals surface area contributed by atoms with E-state index in [1.165, 1.54) is 12.1 Å². The second-order valence-corrected chi connectivity index (χ2v) is 7.61. The molecular weight excluding hydrogens is 439 g/mol. The first-order valence-electron chi connectivity index (χ1n) is 9.73. The van der Waals surface area contributed by atoms with Crippen LogP contribution in [0.3, 0.4) is 0 Å². The maximum absolute atomic E-state index is 12.7. The molecule has 0 unspecified atom stereocenters. The summed E-state index contributed by atoms with van der Waals surface area (Å²) >= 11 is 0. The molecule has 11 nitrogen and oxygen atoms in total. The van der Waals surface area contributed by atoms with Gasteiger partial charge in [0.2, 0.25) is 11.8 Å². The monoisotopic (exact) mass is 462 g/mol. The van der Waals surface area contributed by atoms with E-state index >= 15 is 0 Å². The number of carbonyl (C=O) groups is 2. The molecule has 0 fully saturated rings. The van der Waals surface area contributed by atoms with Crippen molar-refractivity contribution in [2.24, 2.45) is 5.92 Å². The number of nitrogens with zero attached hydrogens (tertiary/aromatic N) is 2. The molecule has 0 spiro atoms. The standard InChI is InChI=1S/C20H23N4O7P/c1-12(2)18(25)21-9-10-22-19(26)17-20(24-15-6-4-3-5-14(15)23-17)29-11-13-7-8-16(30-13)31-32(27)28/h3-8,12,27-28H,9-11H2,1-2H3,(H,21,25)(H,22,26). The molecule has 3 aromatic rings. The Morgan fingerprint density at radius 2 is 1.75 bits per heavy atom. The number of para-hydroxylation sites is 2. The third-order valence-corrected chi connectivity index (χ3v) is 4.49. The van der Waals surface area contributed by atoms with Crippen LogP contribution in [0.4, 0.5) is 0 Å². The van der Waals surface area contributed by atoms with Crippen molar-refractivity contribution in [2.75, 3.05) is 13.1 Å². The Kier molecular flexibility index (Phi) is 7.93. The average molecular weight is 462 g/mol. The van der Waals surface area contributed by atoms with Crippen LogP contribution in [0.15, 0.2) is 40.8 Å². The van der Waals surface area contributed by atoms with Gasteiger partial charge in [-0.25, -0.2) is 9.97 Å². The van der Waals surface area contributed by atoms with Crippen molar-refractivity contribution in [3.05, 3.63) is 47.9 Å². The molecule has 0 bridgehead atoms. The predicted octanol–water partition coefficient (Wildman–Crippen LogP) is 1.89. The van der Waals surface area contributed by atoms with Crippen LogP contribution in [0.2, 0.25) is 0 Å². The molecular formula is C20H23N4O7P. The smallest absolute Gasteiger partial charge is 0.393 e. The quantitative estimate of drug-likeness (QED) is 0.261. The SMILES string of the molecule is CC(C)C(=O)NCCNC(=O)c1nc2ccccc2nc1OCc1ccc(OP(O)O)o1. The van der Waals surface area contributed by atoms with E-state index in [0.29, 0.717) is 16.8 Å². The highest BCUT2D eigenvalue weighted by molar-refractivity contribution is 7.39. The molecule has 2 amide bonds. The number of ether oxygens (including phenoxy) is 1. The van der Waals surface area contributed by atoms with Gasteiger partial charge in [0.05, 0.1) is 11.0 Å². The van der Waals surface area contributed by atoms with E-state index in [-0.39, 0.29) is 49.0 Å². The van der Waals surface area contributed by atoms with E-state index in [2.05, 4.69) is 25.1 Å². The van der Waals surface area contributed by atoms with Crippen LogP contribution in [-0.2, 0) is 11.4 Å². The molecule has 2 aromatic heterocycles. The summed E-state index contributed by atoms with van der Waals surface area (Å²) in [6.07, 6.45) is 0. The molecule has 32 heavy (non-hydrogen) atoms. The molecule has 1 aromatic carbocycles. The zero-order chi connectivity index (χ0) is 23.1. The number of hydrogen-bond donors (Lipinski definition) is 4. The summed E-state index contributed by atoms with van der Waals surface area (Å²) in [5.74, 6) is -0.526. The normalized spacial score (nSPS) is 11.1. The molecule has 0 aliphatic heterocycles. The van der Waals surface area contributed by atoms with Gasteiger partial charge in [-0.3, -0.25) is 9.59 Å². The Bertz CT molecular complexity index is 1090.